The van der Waals surface area contributed by atoms with Crippen molar-refractivity contribution in [1.29, 1.82) is 0 Å². The van der Waals surface area contributed by atoms with E-state index in [9.17, 15) is 18.5 Å². The van der Waals surface area contributed by atoms with Crippen LogP contribution in [0.5, 0.6) is 0 Å². The van der Waals surface area contributed by atoms with Crippen LogP contribution >= 0.6 is 0 Å². The minimum atomic E-state index is -3.78. The molecule has 0 radical (unpaired) electrons. The molecular formula is C16H15N3O4S. The Morgan fingerprint density at radius 2 is 1.71 bits per heavy atom. The second-order valence-corrected chi connectivity index (χ2v) is 7.73. The number of fused-ring (bicyclic) bond motifs is 5. The van der Waals surface area contributed by atoms with Crippen molar-refractivity contribution in [3.63, 3.8) is 0 Å². The lowest BCUT2D eigenvalue weighted by Gasteiger charge is -2.15. The van der Waals surface area contributed by atoms with Gasteiger partial charge in [0.05, 0.1) is 9.82 Å². The first kappa shape index (κ1) is 15.1. The molecule has 24 heavy (non-hydrogen) atoms. The normalized spacial score (nSPS) is 21.5. The van der Waals surface area contributed by atoms with Gasteiger partial charge in [-0.05, 0) is 48.2 Å². The molecular weight excluding hydrogens is 330 g/mol. The minimum Gasteiger partial charge on any atom is -0.303 e. The molecule has 2 bridgehead atoms. The van der Waals surface area contributed by atoms with Crippen molar-refractivity contribution < 1.29 is 13.3 Å². The molecule has 2 aromatic carbocycles. The summed E-state index contributed by atoms with van der Waals surface area (Å²) in [4.78, 5) is 10.1. The summed E-state index contributed by atoms with van der Waals surface area (Å²) in [6, 6.07) is 11.1. The van der Waals surface area contributed by atoms with Crippen LogP contribution in [0, 0.1) is 10.1 Å². The van der Waals surface area contributed by atoms with Crippen molar-refractivity contribution in [2.45, 2.75) is 29.8 Å². The molecule has 2 aliphatic rings. The highest BCUT2D eigenvalue weighted by Crippen LogP contribution is 2.45. The Bertz CT molecular complexity index is 925. The first-order chi connectivity index (χ1) is 11.4. The average molecular weight is 345 g/mol. The number of benzene rings is 2. The molecule has 2 unspecified atom stereocenters. The third-order valence-electron chi connectivity index (χ3n) is 4.59. The van der Waals surface area contributed by atoms with Gasteiger partial charge in [-0.1, -0.05) is 6.07 Å². The molecule has 2 heterocycles. The quantitative estimate of drug-likeness (QED) is 0.655. The minimum absolute atomic E-state index is 0.00626. The summed E-state index contributed by atoms with van der Waals surface area (Å²) < 4.78 is 27.4. The Kier molecular flexibility index (Phi) is 3.33. The van der Waals surface area contributed by atoms with Crippen LogP contribution < -0.4 is 10.0 Å². The van der Waals surface area contributed by atoms with Crippen LogP contribution in [-0.2, 0) is 10.0 Å². The van der Waals surface area contributed by atoms with E-state index < -0.39 is 14.9 Å². The van der Waals surface area contributed by atoms with Gasteiger partial charge in [-0.15, -0.1) is 0 Å². The molecule has 2 aliphatic heterocycles. The number of anilines is 1. The summed E-state index contributed by atoms with van der Waals surface area (Å²) in [7, 11) is -3.78. The smallest absolute Gasteiger partial charge is 0.269 e. The van der Waals surface area contributed by atoms with Crippen molar-refractivity contribution in [3.8, 4) is 0 Å². The van der Waals surface area contributed by atoms with Gasteiger partial charge in [0.15, 0.2) is 0 Å². The van der Waals surface area contributed by atoms with Crippen LogP contribution in [-0.4, -0.2) is 13.3 Å². The fraction of sp³-hybridized carbons (Fsp3) is 0.250. The number of non-ortho nitro benzene ring substituents is 1. The van der Waals surface area contributed by atoms with Gasteiger partial charge >= 0.3 is 0 Å². The Hall–Kier alpha value is -2.45. The first-order valence-electron chi connectivity index (χ1n) is 7.61. The number of nitrogens with one attached hydrogen (secondary N) is 2. The van der Waals surface area contributed by atoms with E-state index in [1.165, 1.54) is 29.8 Å². The summed E-state index contributed by atoms with van der Waals surface area (Å²) >= 11 is 0. The number of nitrogens with zero attached hydrogens (tertiary/aromatic N) is 1. The van der Waals surface area contributed by atoms with Gasteiger partial charge in [0.2, 0.25) is 0 Å². The third-order valence-corrected chi connectivity index (χ3v) is 5.99. The Balaban J connectivity index is 1.60. The van der Waals surface area contributed by atoms with Crippen LogP contribution in [0.1, 0.15) is 36.1 Å². The maximum atomic E-state index is 12.4. The van der Waals surface area contributed by atoms with Gasteiger partial charge in [-0.2, -0.15) is 0 Å². The predicted octanol–water partition coefficient (Wildman–Crippen LogP) is 2.87. The second-order valence-electron chi connectivity index (χ2n) is 6.05. The zero-order valence-electron chi connectivity index (χ0n) is 12.6. The predicted molar refractivity (Wildman–Crippen MR) is 88.2 cm³/mol. The molecule has 124 valence electrons. The second kappa shape index (κ2) is 5.29. The van der Waals surface area contributed by atoms with Crippen LogP contribution in [0.2, 0.25) is 0 Å². The zero-order chi connectivity index (χ0) is 16.9. The van der Waals surface area contributed by atoms with E-state index in [1.54, 1.807) is 6.07 Å². The number of rotatable bonds is 4. The van der Waals surface area contributed by atoms with Gasteiger partial charge in [-0.25, -0.2) is 8.42 Å². The lowest BCUT2D eigenvalue weighted by molar-refractivity contribution is -0.384. The van der Waals surface area contributed by atoms with E-state index >= 15 is 0 Å². The molecule has 0 saturated carbocycles. The molecule has 0 spiro atoms. The van der Waals surface area contributed by atoms with E-state index in [2.05, 4.69) is 10.0 Å². The van der Waals surface area contributed by atoms with E-state index in [0.717, 1.165) is 18.4 Å². The Morgan fingerprint density at radius 3 is 2.38 bits per heavy atom. The van der Waals surface area contributed by atoms with E-state index in [0.29, 0.717) is 17.8 Å². The zero-order valence-corrected chi connectivity index (χ0v) is 13.4. The molecule has 2 atom stereocenters. The van der Waals surface area contributed by atoms with Gasteiger partial charge in [0, 0.05) is 29.9 Å². The monoisotopic (exact) mass is 345 g/mol. The van der Waals surface area contributed by atoms with Crippen LogP contribution in [0.4, 0.5) is 11.4 Å². The number of sulfonamides is 1. The van der Waals surface area contributed by atoms with E-state index in [4.69, 9.17) is 0 Å². The highest BCUT2D eigenvalue weighted by molar-refractivity contribution is 7.92. The van der Waals surface area contributed by atoms with Gasteiger partial charge in [0.25, 0.3) is 15.7 Å². The molecule has 4 rings (SSSR count). The summed E-state index contributed by atoms with van der Waals surface area (Å²) in [6.45, 7) is 0. The molecule has 2 N–H and O–H groups in total. The molecule has 7 nitrogen and oxygen atoms in total. The topological polar surface area (TPSA) is 101 Å². The largest absolute Gasteiger partial charge is 0.303 e. The number of hydrogen-bond acceptors (Lipinski definition) is 5. The maximum Gasteiger partial charge on any atom is 0.269 e. The van der Waals surface area contributed by atoms with Gasteiger partial charge in [0.1, 0.15) is 0 Å². The van der Waals surface area contributed by atoms with Crippen molar-refractivity contribution in [2.75, 3.05) is 4.72 Å². The molecule has 1 saturated heterocycles. The summed E-state index contributed by atoms with van der Waals surface area (Å²) in [5.41, 5.74) is 2.75. The van der Waals surface area contributed by atoms with Crippen molar-refractivity contribution in [3.05, 3.63) is 63.7 Å². The third kappa shape index (κ3) is 2.44. The van der Waals surface area contributed by atoms with Crippen molar-refractivity contribution in [1.82, 2.24) is 5.32 Å². The fourth-order valence-corrected chi connectivity index (χ4v) is 4.50. The van der Waals surface area contributed by atoms with Crippen LogP contribution in [0.15, 0.2) is 47.4 Å². The molecule has 8 heteroatoms. The first-order valence-corrected chi connectivity index (χ1v) is 9.09. The van der Waals surface area contributed by atoms with Crippen molar-refractivity contribution in [2.24, 2.45) is 0 Å². The molecule has 2 aromatic rings. The van der Waals surface area contributed by atoms with E-state index in [-0.39, 0.29) is 10.6 Å². The number of hydrogen-bond donors (Lipinski definition) is 2. The molecule has 0 aromatic heterocycles. The Morgan fingerprint density at radius 1 is 1.04 bits per heavy atom. The van der Waals surface area contributed by atoms with Crippen LogP contribution in [0.25, 0.3) is 0 Å². The number of nitro groups is 1. The SMILES string of the molecule is O=[N+]([O-])c1ccc(S(=O)(=O)Nc2ccc3c(c2)C2CCC3N2)cc1. The Labute approximate surface area is 138 Å². The lowest BCUT2D eigenvalue weighted by Crippen LogP contribution is -2.13. The fourth-order valence-electron chi connectivity index (χ4n) is 3.45. The van der Waals surface area contributed by atoms with Crippen LogP contribution in [0.3, 0.4) is 0 Å². The number of nitro benzene ring substituents is 1. The summed E-state index contributed by atoms with van der Waals surface area (Å²) in [6.07, 6.45) is 2.18. The van der Waals surface area contributed by atoms with Gasteiger partial charge < -0.3 is 5.32 Å². The molecule has 1 fully saturated rings. The highest BCUT2D eigenvalue weighted by atomic mass is 32.2. The summed E-state index contributed by atoms with van der Waals surface area (Å²) in [5, 5.41) is 14.1. The molecule has 0 amide bonds. The summed E-state index contributed by atoms with van der Waals surface area (Å²) in [5.74, 6) is 0. The van der Waals surface area contributed by atoms with E-state index in [1.807, 2.05) is 12.1 Å². The standard InChI is InChI=1S/C16H15N3O4S/c20-19(21)11-2-4-12(5-3-11)24(22,23)18-10-1-6-13-14(9-10)16-8-7-15(13)17-16/h1-6,9,15-18H,7-8H2. The molecule has 0 aliphatic carbocycles. The van der Waals surface area contributed by atoms with Gasteiger partial charge in [-0.3, -0.25) is 14.8 Å². The highest BCUT2D eigenvalue weighted by Gasteiger charge is 2.36. The maximum absolute atomic E-state index is 12.4. The van der Waals surface area contributed by atoms with Crippen molar-refractivity contribution >= 4 is 21.4 Å². The lowest BCUT2D eigenvalue weighted by atomic mass is 9.91. The average Bonchev–Trinajstić information content (AvgIpc) is 3.16.